The van der Waals surface area contributed by atoms with Crippen LogP contribution in [0.5, 0.6) is 0 Å². The summed E-state index contributed by atoms with van der Waals surface area (Å²) < 4.78 is 0. The molecular formula is C24H20O. The van der Waals surface area contributed by atoms with Crippen LogP contribution in [0.4, 0.5) is 0 Å². The van der Waals surface area contributed by atoms with Gasteiger partial charge in [-0.3, -0.25) is 4.79 Å². The van der Waals surface area contributed by atoms with Crippen molar-refractivity contribution in [2.45, 2.75) is 19.8 Å². The summed E-state index contributed by atoms with van der Waals surface area (Å²) in [6.45, 7) is 1.60. The van der Waals surface area contributed by atoms with Gasteiger partial charge in [-0.05, 0) is 52.4 Å². The minimum atomic E-state index is 0.122. The van der Waals surface area contributed by atoms with Gasteiger partial charge in [-0.25, -0.2) is 0 Å². The molecule has 0 aliphatic heterocycles. The van der Waals surface area contributed by atoms with Gasteiger partial charge in [0.05, 0.1) is 0 Å². The lowest BCUT2D eigenvalue weighted by Gasteiger charge is -2.01. The van der Waals surface area contributed by atoms with E-state index in [1.165, 1.54) is 34.7 Å². The van der Waals surface area contributed by atoms with Crippen LogP contribution in [0.25, 0.3) is 21.5 Å². The van der Waals surface area contributed by atoms with Gasteiger partial charge in [0.15, 0.2) is 5.78 Å². The minimum Gasteiger partial charge on any atom is -0.294 e. The maximum Gasteiger partial charge on any atom is 0.160 e. The van der Waals surface area contributed by atoms with Gasteiger partial charge in [-0.15, -0.1) is 0 Å². The molecule has 1 aliphatic carbocycles. The fraction of sp³-hybridized carbons (Fsp3) is 0.125. The third-order valence-corrected chi connectivity index (χ3v) is 4.91. The molecule has 0 atom stereocenters. The number of hydrogen-bond acceptors (Lipinski definition) is 1. The number of carbonyl (C=O) groups is 1. The van der Waals surface area contributed by atoms with Crippen LogP contribution >= 0.6 is 0 Å². The zero-order chi connectivity index (χ0) is 17.2. The number of benzene rings is 4. The van der Waals surface area contributed by atoms with Crippen molar-refractivity contribution in [3.05, 3.63) is 95.6 Å². The molecule has 0 unspecified atom stereocenters. The topological polar surface area (TPSA) is 17.1 Å². The highest BCUT2D eigenvalue weighted by Crippen LogP contribution is 2.30. The summed E-state index contributed by atoms with van der Waals surface area (Å²) in [4.78, 5) is 11.3. The van der Waals surface area contributed by atoms with Crippen molar-refractivity contribution in [3.8, 4) is 0 Å². The predicted molar refractivity (Wildman–Crippen MR) is 105 cm³/mol. The molecule has 0 bridgehead atoms. The Morgan fingerprint density at radius 3 is 1.92 bits per heavy atom. The van der Waals surface area contributed by atoms with E-state index in [1.807, 2.05) is 42.5 Å². The summed E-state index contributed by atoms with van der Waals surface area (Å²) in [5.74, 6) is 0.122. The van der Waals surface area contributed by atoms with Gasteiger partial charge in [0.1, 0.15) is 0 Å². The van der Waals surface area contributed by atoms with Crippen LogP contribution in [0, 0.1) is 0 Å². The average Bonchev–Trinajstić information content (AvgIpc) is 3.07. The van der Waals surface area contributed by atoms with Crippen molar-refractivity contribution >= 4 is 27.3 Å². The molecule has 0 N–H and O–H groups in total. The van der Waals surface area contributed by atoms with Gasteiger partial charge >= 0.3 is 0 Å². The first-order valence-electron chi connectivity index (χ1n) is 8.72. The van der Waals surface area contributed by atoms with Crippen LogP contribution in [-0.4, -0.2) is 5.78 Å². The van der Waals surface area contributed by atoms with Gasteiger partial charge in [-0.2, -0.15) is 0 Å². The van der Waals surface area contributed by atoms with E-state index >= 15 is 0 Å². The summed E-state index contributed by atoms with van der Waals surface area (Å²) in [5.41, 5.74) is 3.87. The largest absolute Gasteiger partial charge is 0.294 e. The number of rotatable bonds is 1. The molecule has 0 fully saturated rings. The first-order valence-corrected chi connectivity index (χ1v) is 8.72. The Kier molecular flexibility index (Phi) is 4.07. The minimum absolute atomic E-state index is 0.122. The van der Waals surface area contributed by atoms with Crippen LogP contribution in [0.3, 0.4) is 0 Å². The molecule has 0 radical (unpaired) electrons. The Morgan fingerprint density at radius 2 is 1.24 bits per heavy atom. The lowest BCUT2D eigenvalue weighted by atomic mass is 10.0. The smallest absolute Gasteiger partial charge is 0.160 e. The molecule has 122 valence electrons. The standard InChI is InChI=1S/C12H10O.C12H10/c1-9(13)11-8-4-6-10-5-2-3-7-12(10)11;1-3-9-4-2-6-11-8-7-10(5-1)12(9)11/h2-8H,1H3;1-6H,7-8H2. The molecule has 25 heavy (non-hydrogen) atoms. The van der Waals surface area contributed by atoms with Crippen molar-refractivity contribution in [1.29, 1.82) is 0 Å². The van der Waals surface area contributed by atoms with E-state index < -0.39 is 0 Å². The predicted octanol–water partition coefficient (Wildman–Crippen LogP) is 5.98. The van der Waals surface area contributed by atoms with Gasteiger partial charge < -0.3 is 0 Å². The SMILES string of the molecule is CC(=O)c1cccc2ccccc12.c1cc2c3c(cccc3c1)CC2. The molecule has 0 heterocycles. The quantitative estimate of drug-likeness (QED) is 0.394. The lowest BCUT2D eigenvalue weighted by Crippen LogP contribution is -1.92. The molecule has 0 amide bonds. The first-order chi connectivity index (χ1) is 12.2. The Labute approximate surface area is 147 Å². The Hall–Kier alpha value is -2.93. The molecule has 5 rings (SSSR count). The third kappa shape index (κ3) is 2.94. The number of carbonyl (C=O) groups excluding carboxylic acids is 1. The lowest BCUT2D eigenvalue weighted by molar-refractivity contribution is 0.101. The van der Waals surface area contributed by atoms with Gasteiger partial charge in [-0.1, -0.05) is 78.9 Å². The number of aryl methyl sites for hydroxylation is 2. The van der Waals surface area contributed by atoms with E-state index in [1.54, 1.807) is 6.92 Å². The Bertz CT molecular complexity index is 1030. The fourth-order valence-corrected chi connectivity index (χ4v) is 3.72. The summed E-state index contributed by atoms with van der Waals surface area (Å²) in [5, 5.41) is 5.08. The summed E-state index contributed by atoms with van der Waals surface area (Å²) in [6, 6.07) is 26.9. The van der Waals surface area contributed by atoms with Gasteiger partial charge in [0, 0.05) is 5.56 Å². The first kappa shape index (κ1) is 15.6. The molecule has 1 heteroatoms. The van der Waals surface area contributed by atoms with E-state index in [0.717, 1.165) is 16.3 Å². The molecule has 0 saturated carbocycles. The van der Waals surface area contributed by atoms with E-state index in [-0.39, 0.29) is 5.78 Å². The number of fused-ring (bicyclic) bond motifs is 1. The highest BCUT2D eigenvalue weighted by atomic mass is 16.1. The van der Waals surface area contributed by atoms with Crippen molar-refractivity contribution in [1.82, 2.24) is 0 Å². The second-order valence-corrected chi connectivity index (χ2v) is 6.52. The Morgan fingerprint density at radius 1 is 0.680 bits per heavy atom. The van der Waals surface area contributed by atoms with E-state index in [4.69, 9.17) is 0 Å². The van der Waals surface area contributed by atoms with Crippen LogP contribution in [0.1, 0.15) is 28.4 Å². The maximum absolute atomic E-state index is 11.3. The molecule has 0 saturated heterocycles. The maximum atomic E-state index is 11.3. The molecule has 1 nitrogen and oxygen atoms in total. The van der Waals surface area contributed by atoms with E-state index in [2.05, 4.69) is 36.4 Å². The normalized spacial score (nSPS) is 12.0. The van der Waals surface area contributed by atoms with E-state index in [9.17, 15) is 4.79 Å². The van der Waals surface area contributed by atoms with Crippen LogP contribution < -0.4 is 0 Å². The zero-order valence-electron chi connectivity index (χ0n) is 14.3. The van der Waals surface area contributed by atoms with Crippen molar-refractivity contribution < 1.29 is 4.79 Å². The second kappa shape index (κ2) is 6.52. The highest BCUT2D eigenvalue weighted by Gasteiger charge is 2.12. The third-order valence-electron chi connectivity index (χ3n) is 4.91. The van der Waals surface area contributed by atoms with Crippen LogP contribution in [0.15, 0.2) is 78.9 Å². The van der Waals surface area contributed by atoms with E-state index in [0.29, 0.717) is 0 Å². The summed E-state index contributed by atoms with van der Waals surface area (Å²) in [6.07, 6.45) is 2.47. The molecule has 0 spiro atoms. The van der Waals surface area contributed by atoms with Crippen molar-refractivity contribution in [2.75, 3.05) is 0 Å². The molecule has 0 aromatic heterocycles. The van der Waals surface area contributed by atoms with Crippen molar-refractivity contribution in [2.24, 2.45) is 0 Å². The molecular weight excluding hydrogens is 304 g/mol. The number of Topliss-reactive ketones (excluding diaryl/α,β-unsaturated/α-hetero) is 1. The Balaban J connectivity index is 0.000000126. The number of ketones is 1. The van der Waals surface area contributed by atoms with Gasteiger partial charge in [0.2, 0.25) is 0 Å². The summed E-state index contributed by atoms with van der Waals surface area (Å²) in [7, 11) is 0. The summed E-state index contributed by atoms with van der Waals surface area (Å²) >= 11 is 0. The van der Waals surface area contributed by atoms with Gasteiger partial charge in [0.25, 0.3) is 0 Å². The fourth-order valence-electron chi connectivity index (χ4n) is 3.72. The zero-order valence-corrected chi connectivity index (χ0v) is 14.3. The molecule has 4 aromatic rings. The monoisotopic (exact) mass is 324 g/mol. The molecule has 1 aliphatic rings. The second-order valence-electron chi connectivity index (χ2n) is 6.52. The highest BCUT2D eigenvalue weighted by molar-refractivity contribution is 6.06. The van der Waals surface area contributed by atoms with Crippen LogP contribution in [0.2, 0.25) is 0 Å². The average molecular weight is 324 g/mol. The number of hydrogen-bond donors (Lipinski definition) is 0. The van der Waals surface area contributed by atoms with Crippen molar-refractivity contribution in [3.63, 3.8) is 0 Å². The molecule has 4 aromatic carbocycles. The van der Waals surface area contributed by atoms with Crippen LogP contribution in [-0.2, 0) is 12.8 Å².